The van der Waals surface area contributed by atoms with Gasteiger partial charge >= 0.3 is 0 Å². The summed E-state index contributed by atoms with van der Waals surface area (Å²) < 4.78 is 26.2. The SMILES string of the molecule is O=C(NCc1ncc(-c2ccccc2)[nH]1)C1CCC(F)(F)CC1. The van der Waals surface area contributed by atoms with Gasteiger partial charge in [0.25, 0.3) is 0 Å². The van der Waals surface area contributed by atoms with Gasteiger partial charge in [0.1, 0.15) is 5.82 Å². The van der Waals surface area contributed by atoms with Crippen LogP contribution in [-0.2, 0) is 11.3 Å². The van der Waals surface area contributed by atoms with E-state index >= 15 is 0 Å². The molecule has 2 aromatic rings. The molecule has 122 valence electrons. The van der Waals surface area contributed by atoms with Gasteiger partial charge < -0.3 is 10.3 Å². The number of carbonyl (C=O) groups excluding carboxylic acids is 1. The predicted molar refractivity (Wildman–Crippen MR) is 82.8 cm³/mol. The van der Waals surface area contributed by atoms with Gasteiger partial charge in [-0.1, -0.05) is 30.3 Å². The van der Waals surface area contributed by atoms with Crippen LogP contribution >= 0.6 is 0 Å². The molecule has 0 atom stereocenters. The van der Waals surface area contributed by atoms with E-state index in [0.717, 1.165) is 11.3 Å². The van der Waals surface area contributed by atoms with Crippen LogP contribution in [0, 0.1) is 5.92 Å². The molecule has 2 N–H and O–H groups in total. The molecule has 0 spiro atoms. The molecule has 0 saturated heterocycles. The maximum absolute atomic E-state index is 13.1. The Bertz CT molecular complexity index is 659. The normalized spacial score (nSPS) is 17.8. The number of nitrogens with zero attached hydrogens (tertiary/aromatic N) is 1. The first-order chi connectivity index (χ1) is 11.0. The van der Waals surface area contributed by atoms with Crippen LogP contribution in [0.4, 0.5) is 8.78 Å². The molecule has 0 unspecified atom stereocenters. The van der Waals surface area contributed by atoms with Crippen molar-refractivity contribution >= 4 is 5.91 Å². The molecule has 1 saturated carbocycles. The Balaban J connectivity index is 1.53. The van der Waals surface area contributed by atoms with E-state index in [2.05, 4.69) is 15.3 Å². The molecule has 23 heavy (non-hydrogen) atoms. The Morgan fingerprint density at radius 2 is 1.96 bits per heavy atom. The molecular weight excluding hydrogens is 300 g/mol. The van der Waals surface area contributed by atoms with Gasteiger partial charge in [-0.3, -0.25) is 4.79 Å². The van der Waals surface area contributed by atoms with Crippen LogP contribution in [-0.4, -0.2) is 21.8 Å². The van der Waals surface area contributed by atoms with Crippen molar-refractivity contribution in [2.24, 2.45) is 5.92 Å². The first-order valence-electron chi connectivity index (χ1n) is 7.78. The fourth-order valence-corrected chi connectivity index (χ4v) is 2.83. The first kappa shape index (κ1) is 15.6. The summed E-state index contributed by atoms with van der Waals surface area (Å²) in [5.41, 5.74) is 1.90. The number of aromatic nitrogens is 2. The third-order valence-corrected chi connectivity index (χ3v) is 4.23. The molecule has 1 aliphatic rings. The van der Waals surface area contributed by atoms with Gasteiger partial charge in [0.05, 0.1) is 18.4 Å². The molecule has 1 aromatic heterocycles. The average molecular weight is 319 g/mol. The number of carbonyl (C=O) groups is 1. The number of nitrogens with one attached hydrogen (secondary N) is 2. The number of hydrogen-bond acceptors (Lipinski definition) is 2. The zero-order chi connectivity index (χ0) is 16.3. The van der Waals surface area contributed by atoms with Crippen molar-refractivity contribution < 1.29 is 13.6 Å². The minimum absolute atomic E-state index is 0.168. The van der Waals surface area contributed by atoms with Crippen LogP contribution in [0.1, 0.15) is 31.5 Å². The second-order valence-electron chi connectivity index (χ2n) is 5.96. The fourth-order valence-electron chi connectivity index (χ4n) is 2.83. The molecule has 1 fully saturated rings. The maximum atomic E-state index is 13.1. The second-order valence-corrected chi connectivity index (χ2v) is 5.96. The zero-order valence-corrected chi connectivity index (χ0v) is 12.7. The van der Waals surface area contributed by atoms with Gasteiger partial charge in [0.15, 0.2) is 0 Å². The van der Waals surface area contributed by atoms with Gasteiger partial charge in [-0.25, -0.2) is 13.8 Å². The Morgan fingerprint density at radius 1 is 1.26 bits per heavy atom. The molecule has 0 aliphatic heterocycles. The molecule has 1 heterocycles. The molecule has 4 nitrogen and oxygen atoms in total. The topological polar surface area (TPSA) is 57.8 Å². The van der Waals surface area contributed by atoms with E-state index in [9.17, 15) is 13.6 Å². The molecule has 1 aliphatic carbocycles. The summed E-state index contributed by atoms with van der Waals surface area (Å²) in [5.74, 6) is -2.45. The summed E-state index contributed by atoms with van der Waals surface area (Å²) in [6.45, 7) is 0.276. The molecular formula is C17H19F2N3O. The van der Waals surface area contributed by atoms with Gasteiger partial charge in [0.2, 0.25) is 11.8 Å². The third-order valence-electron chi connectivity index (χ3n) is 4.23. The highest BCUT2D eigenvalue weighted by molar-refractivity contribution is 5.78. The summed E-state index contributed by atoms with van der Waals surface area (Å²) in [7, 11) is 0. The van der Waals surface area contributed by atoms with E-state index in [4.69, 9.17) is 0 Å². The lowest BCUT2D eigenvalue weighted by molar-refractivity contribution is -0.129. The van der Waals surface area contributed by atoms with Crippen molar-refractivity contribution in [3.63, 3.8) is 0 Å². The average Bonchev–Trinajstić information content (AvgIpc) is 3.02. The smallest absolute Gasteiger partial charge is 0.248 e. The van der Waals surface area contributed by atoms with Crippen molar-refractivity contribution in [1.29, 1.82) is 0 Å². The summed E-state index contributed by atoms with van der Waals surface area (Å²) in [6, 6.07) is 9.76. The minimum atomic E-state index is -2.61. The number of amides is 1. The van der Waals surface area contributed by atoms with Crippen molar-refractivity contribution in [2.45, 2.75) is 38.2 Å². The van der Waals surface area contributed by atoms with Gasteiger partial charge in [0, 0.05) is 18.8 Å². The maximum Gasteiger partial charge on any atom is 0.248 e. The van der Waals surface area contributed by atoms with Gasteiger partial charge in [-0.05, 0) is 18.4 Å². The molecule has 1 amide bonds. The van der Waals surface area contributed by atoms with Crippen LogP contribution in [0.2, 0.25) is 0 Å². The van der Waals surface area contributed by atoms with Gasteiger partial charge in [-0.2, -0.15) is 0 Å². The summed E-state index contributed by atoms with van der Waals surface area (Å²) in [4.78, 5) is 19.5. The highest BCUT2D eigenvalue weighted by atomic mass is 19.3. The number of benzene rings is 1. The highest BCUT2D eigenvalue weighted by Gasteiger charge is 2.37. The van der Waals surface area contributed by atoms with E-state index in [1.165, 1.54) is 0 Å². The van der Waals surface area contributed by atoms with E-state index in [1.807, 2.05) is 30.3 Å². The van der Waals surface area contributed by atoms with E-state index in [0.29, 0.717) is 5.82 Å². The number of aromatic amines is 1. The largest absolute Gasteiger partial charge is 0.349 e. The van der Waals surface area contributed by atoms with E-state index in [1.54, 1.807) is 6.20 Å². The summed E-state index contributed by atoms with van der Waals surface area (Å²) in [5, 5.41) is 2.78. The number of alkyl halides is 2. The Morgan fingerprint density at radius 3 is 2.65 bits per heavy atom. The number of hydrogen-bond donors (Lipinski definition) is 2. The third kappa shape index (κ3) is 3.94. The lowest BCUT2D eigenvalue weighted by Crippen LogP contribution is -2.35. The van der Waals surface area contributed by atoms with Crippen LogP contribution in [0.5, 0.6) is 0 Å². The lowest BCUT2D eigenvalue weighted by Gasteiger charge is -2.27. The van der Waals surface area contributed by atoms with Crippen LogP contribution < -0.4 is 5.32 Å². The minimum Gasteiger partial charge on any atom is -0.349 e. The monoisotopic (exact) mass is 319 g/mol. The summed E-state index contributed by atoms with van der Waals surface area (Å²) >= 11 is 0. The molecule has 0 bridgehead atoms. The molecule has 0 radical (unpaired) electrons. The summed E-state index contributed by atoms with van der Waals surface area (Å²) in [6.07, 6.45) is 1.80. The van der Waals surface area contributed by atoms with Crippen molar-refractivity contribution in [2.75, 3.05) is 0 Å². The van der Waals surface area contributed by atoms with Crippen molar-refractivity contribution in [3.8, 4) is 11.3 Å². The number of rotatable bonds is 4. The van der Waals surface area contributed by atoms with E-state index < -0.39 is 5.92 Å². The molecule has 3 rings (SSSR count). The zero-order valence-electron chi connectivity index (χ0n) is 12.7. The fraction of sp³-hybridized carbons (Fsp3) is 0.412. The number of halogens is 2. The van der Waals surface area contributed by atoms with Gasteiger partial charge in [-0.15, -0.1) is 0 Å². The van der Waals surface area contributed by atoms with Crippen LogP contribution in [0.3, 0.4) is 0 Å². The Kier molecular flexibility index (Phi) is 4.41. The molecule has 6 heteroatoms. The number of H-pyrrole nitrogens is 1. The molecule has 1 aromatic carbocycles. The Labute approximate surface area is 133 Å². The van der Waals surface area contributed by atoms with Crippen LogP contribution in [0.25, 0.3) is 11.3 Å². The van der Waals surface area contributed by atoms with E-state index in [-0.39, 0.29) is 44.1 Å². The van der Waals surface area contributed by atoms with Crippen molar-refractivity contribution in [1.82, 2.24) is 15.3 Å². The number of imidazole rings is 1. The predicted octanol–water partition coefficient (Wildman–Crippen LogP) is 3.52. The highest BCUT2D eigenvalue weighted by Crippen LogP contribution is 2.36. The van der Waals surface area contributed by atoms with Crippen LogP contribution in [0.15, 0.2) is 36.5 Å². The lowest BCUT2D eigenvalue weighted by atomic mass is 9.86. The quantitative estimate of drug-likeness (QED) is 0.906. The second kappa shape index (κ2) is 6.48. The van der Waals surface area contributed by atoms with Crippen molar-refractivity contribution in [3.05, 3.63) is 42.4 Å². The standard InChI is InChI=1S/C17H19F2N3O/c18-17(19)8-6-13(7-9-17)16(23)21-11-15-20-10-14(22-15)12-4-2-1-3-5-12/h1-5,10,13H,6-9,11H2,(H,20,22)(H,21,23). The first-order valence-corrected chi connectivity index (χ1v) is 7.78. The Hall–Kier alpha value is -2.24.